The Balaban J connectivity index is 1.58. The number of hydrogen-bond donors (Lipinski definition) is 0. The number of aromatic nitrogens is 2. The molecule has 0 bridgehead atoms. The van der Waals surface area contributed by atoms with Crippen molar-refractivity contribution in [1.29, 1.82) is 0 Å². The van der Waals surface area contributed by atoms with Crippen molar-refractivity contribution >= 4 is 22.7 Å². The summed E-state index contributed by atoms with van der Waals surface area (Å²) in [4.78, 5) is 13.5. The second-order valence-electron chi connectivity index (χ2n) is 8.42. The molecule has 4 aromatic rings. The van der Waals surface area contributed by atoms with E-state index in [1.54, 1.807) is 0 Å². The molecule has 0 aliphatic carbocycles. The molecular weight excluding hydrogens is 392 g/mol. The van der Waals surface area contributed by atoms with Gasteiger partial charge >= 0.3 is 0 Å². The van der Waals surface area contributed by atoms with Gasteiger partial charge in [0, 0.05) is 47.1 Å². The van der Waals surface area contributed by atoms with Crippen LogP contribution >= 0.6 is 0 Å². The Hall–Kier alpha value is -3.66. The molecule has 0 amide bonds. The summed E-state index contributed by atoms with van der Waals surface area (Å²) in [5, 5.41) is 0. The topological polar surface area (TPSA) is 32.3 Å². The molecule has 0 spiro atoms. The van der Waals surface area contributed by atoms with E-state index in [1.807, 2.05) is 36.8 Å². The second-order valence-corrected chi connectivity index (χ2v) is 8.42. The highest BCUT2D eigenvalue weighted by Crippen LogP contribution is 2.31. The Labute approximate surface area is 191 Å². The molecule has 2 heterocycles. The highest BCUT2D eigenvalue weighted by atomic mass is 15.2. The first kappa shape index (κ1) is 21.6. The lowest BCUT2D eigenvalue weighted by molar-refractivity contribution is 0.787. The van der Waals surface area contributed by atoms with E-state index in [0.29, 0.717) is 12.1 Å². The van der Waals surface area contributed by atoms with Gasteiger partial charge in [-0.25, -0.2) is 0 Å². The SMILES string of the molecule is CC(C)N(c1ccncc1)c1ccc(-c2ccc(N(c3ccccc3)C(C)C)cn2)cc1. The summed E-state index contributed by atoms with van der Waals surface area (Å²) in [5.74, 6) is 0. The van der Waals surface area contributed by atoms with Gasteiger partial charge in [-0.15, -0.1) is 0 Å². The summed E-state index contributed by atoms with van der Waals surface area (Å²) in [6.07, 6.45) is 5.63. The minimum atomic E-state index is 0.333. The Morgan fingerprint density at radius 2 is 1.09 bits per heavy atom. The summed E-state index contributed by atoms with van der Waals surface area (Å²) in [6.45, 7) is 8.79. The molecule has 0 atom stereocenters. The number of benzene rings is 2. The highest BCUT2D eigenvalue weighted by Gasteiger charge is 2.15. The van der Waals surface area contributed by atoms with E-state index in [4.69, 9.17) is 4.98 Å². The monoisotopic (exact) mass is 422 g/mol. The lowest BCUT2D eigenvalue weighted by Crippen LogP contribution is -2.25. The molecule has 4 rings (SSSR count). The summed E-state index contributed by atoms with van der Waals surface area (Å²) in [6, 6.07) is 28.1. The predicted octanol–water partition coefficient (Wildman–Crippen LogP) is 7.24. The van der Waals surface area contributed by atoms with Crippen LogP contribution in [0.3, 0.4) is 0 Å². The van der Waals surface area contributed by atoms with Gasteiger partial charge in [0.25, 0.3) is 0 Å². The van der Waals surface area contributed by atoms with Gasteiger partial charge in [0.15, 0.2) is 0 Å². The predicted molar refractivity (Wildman–Crippen MR) is 135 cm³/mol. The van der Waals surface area contributed by atoms with E-state index in [2.05, 4.69) is 103 Å². The second kappa shape index (κ2) is 9.65. The molecule has 0 N–H and O–H groups in total. The van der Waals surface area contributed by atoms with Crippen LogP contribution in [-0.2, 0) is 0 Å². The molecular formula is C28H30N4. The molecule has 0 aliphatic heterocycles. The molecule has 0 saturated carbocycles. The fraction of sp³-hybridized carbons (Fsp3) is 0.214. The third-order valence-corrected chi connectivity index (χ3v) is 5.48. The lowest BCUT2D eigenvalue weighted by Gasteiger charge is -2.29. The van der Waals surface area contributed by atoms with Crippen molar-refractivity contribution < 1.29 is 0 Å². The zero-order chi connectivity index (χ0) is 22.5. The number of pyridine rings is 2. The van der Waals surface area contributed by atoms with Gasteiger partial charge in [-0.2, -0.15) is 0 Å². The quantitative estimate of drug-likeness (QED) is 0.314. The van der Waals surface area contributed by atoms with Gasteiger partial charge in [-0.05, 0) is 76.2 Å². The molecule has 2 aromatic heterocycles. The van der Waals surface area contributed by atoms with Crippen LogP contribution in [0.5, 0.6) is 0 Å². The van der Waals surface area contributed by atoms with Crippen LogP contribution in [0.15, 0.2) is 97.5 Å². The molecule has 0 saturated heterocycles. The van der Waals surface area contributed by atoms with Gasteiger partial charge in [0.2, 0.25) is 0 Å². The van der Waals surface area contributed by atoms with Crippen molar-refractivity contribution in [2.24, 2.45) is 0 Å². The smallest absolute Gasteiger partial charge is 0.0703 e. The molecule has 4 nitrogen and oxygen atoms in total. The van der Waals surface area contributed by atoms with Crippen molar-refractivity contribution in [3.05, 3.63) is 97.5 Å². The summed E-state index contributed by atoms with van der Waals surface area (Å²) in [7, 11) is 0. The Bertz CT molecular complexity index is 1010. The maximum atomic E-state index is 4.78. The van der Waals surface area contributed by atoms with Crippen LogP contribution in [0.2, 0.25) is 0 Å². The number of nitrogens with zero attached hydrogens (tertiary/aromatic N) is 4. The maximum Gasteiger partial charge on any atom is 0.0703 e. The van der Waals surface area contributed by atoms with Gasteiger partial charge in [0.05, 0.1) is 17.6 Å². The van der Waals surface area contributed by atoms with E-state index in [9.17, 15) is 0 Å². The molecule has 0 fully saturated rings. The highest BCUT2D eigenvalue weighted by molar-refractivity contribution is 5.70. The summed E-state index contributed by atoms with van der Waals surface area (Å²) >= 11 is 0. The third kappa shape index (κ3) is 4.65. The minimum Gasteiger partial charge on any atom is -0.339 e. The Morgan fingerprint density at radius 1 is 0.562 bits per heavy atom. The summed E-state index contributed by atoms with van der Waals surface area (Å²) < 4.78 is 0. The fourth-order valence-electron chi connectivity index (χ4n) is 4.08. The van der Waals surface area contributed by atoms with E-state index >= 15 is 0 Å². The molecule has 0 aliphatic rings. The maximum absolute atomic E-state index is 4.78. The van der Waals surface area contributed by atoms with Crippen molar-refractivity contribution in [3.63, 3.8) is 0 Å². The van der Waals surface area contributed by atoms with Crippen molar-refractivity contribution in [3.8, 4) is 11.3 Å². The molecule has 4 heteroatoms. The zero-order valence-electron chi connectivity index (χ0n) is 19.2. The van der Waals surface area contributed by atoms with Crippen LogP contribution in [0.4, 0.5) is 22.7 Å². The average molecular weight is 423 g/mol. The third-order valence-electron chi connectivity index (χ3n) is 5.48. The van der Waals surface area contributed by atoms with Crippen molar-refractivity contribution in [1.82, 2.24) is 9.97 Å². The van der Waals surface area contributed by atoms with E-state index in [-0.39, 0.29) is 0 Å². The van der Waals surface area contributed by atoms with Gasteiger partial charge in [-0.1, -0.05) is 30.3 Å². The fourth-order valence-corrected chi connectivity index (χ4v) is 4.08. The van der Waals surface area contributed by atoms with Crippen molar-refractivity contribution in [2.45, 2.75) is 39.8 Å². The molecule has 0 radical (unpaired) electrons. The lowest BCUT2D eigenvalue weighted by atomic mass is 10.1. The largest absolute Gasteiger partial charge is 0.339 e. The Morgan fingerprint density at radius 3 is 1.66 bits per heavy atom. The zero-order valence-corrected chi connectivity index (χ0v) is 19.2. The number of hydrogen-bond acceptors (Lipinski definition) is 4. The van der Waals surface area contributed by atoms with Gasteiger partial charge < -0.3 is 9.80 Å². The minimum absolute atomic E-state index is 0.333. The van der Waals surface area contributed by atoms with E-state index < -0.39 is 0 Å². The number of anilines is 4. The van der Waals surface area contributed by atoms with E-state index in [1.165, 1.54) is 5.69 Å². The first-order chi connectivity index (χ1) is 15.5. The van der Waals surface area contributed by atoms with Crippen LogP contribution in [-0.4, -0.2) is 22.1 Å². The first-order valence-corrected chi connectivity index (χ1v) is 11.1. The average Bonchev–Trinajstić information content (AvgIpc) is 2.81. The van der Waals surface area contributed by atoms with Gasteiger partial charge in [-0.3, -0.25) is 9.97 Å². The molecule has 2 aromatic carbocycles. The van der Waals surface area contributed by atoms with Crippen LogP contribution < -0.4 is 9.80 Å². The number of para-hydroxylation sites is 1. The van der Waals surface area contributed by atoms with Crippen LogP contribution in [0, 0.1) is 0 Å². The van der Waals surface area contributed by atoms with Crippen molar-refractivity contribution in [2.75, 3.05) is 9.80 Å². The normalized spacial score (nSPS) is 11.1. The molecule has 32 heavy (non-hydrogen) atoms. The first-order valence-electron chi connectivity index (χ1n) is 11.1. The Kier molecular flexibility index (Phi) is 6.50. The van der Waals surface area contributed by atoms with Crippen LogP contribution in [0.1, 0.15) is 27.7 Å². The molecule has 162 valence electrons. The standard InChI is InChI=1S/C28H30N4/c1-21(2)31(26-16-18-29-19-17-26)25-12-10-23(11-13-25)28-15-14-27(20-30-28)32(22(3)4)24-8-6-5-7-9-24/h5-22H,1-4H3. The van der Waals surface area contributed by atoms with Gasteiger partial charge in [0.1, 0.15) is 0 Å². The summed E-state index contributed by atoms with van der Waals surface area (Å²) in [5.41, 5.74) is 6.63. The molecule has 0 unspecified atom stereocenters. The van der Waals surface area contributed by atoms with Crippen LogP contribution in [0.25, 0.3) is 11.3 Å². The van der Waals surface area contributed by atoms with E-state index in [0.717, 1.165) is 28.3 Å². The number of rotatable bonds is 7.